The molecule has 0 aliphatic heterocycles. The number of carbonyl (C=O) groups excluding carboxylic acids is 3. The summed E-state index contributed by atoms with van der Waals surface area (Å²) in [5.74, 6) is -1.25. The number of imide groups is 1. The number of carbonyl (C=O) groups is 3. The van der Waals surface area contributed by atoms with E-state index in [4.69, 9.17) is 9.47 Å². The molecule has 2 aromatic rings. The third-order valence-electron chi connectivity index (χ3n) is 4.06. The summed E-state index contributed by atoms with van der Waals surface area (Å²) in [7, 11) is 0. The molecule has 29 heavy (non-hydrogen) atoms. The molecule has 0 spiro atoms. The first-order chi connectivity index (χ1) is 13.6. The van der Waals surface area contributed by atoms with Gasteiger partial charge in [-0.2, -0.15) is 0 Å². The maximum atomic E-state index is 12.2. The van der Waals surface area contributed by atoms with Gasteiger partial charge in [0.1, 0.15) is 5.75 Å². The molecule has 0 heterocycles. The summed E-state index contributed by atoms with van der Waals surface area (Å²) in [4.78, 5) is 36.1. The second kappa shape index (κ2) is 9.37. The summed E-state index contributed by atoms with van der Waals surface area (Å²) in [5, 5.41) is 2.22. The van der Waals surface area contributed by atoms with Gasteiger partial charge in [0.25, 0.3) is 11.8 Å². The number of esters is 1. The Kier molecular flexibility index (Phi) is 7.15. The molecule has 2 rings (SSSR count). The van der Waals surface area contributed by atoms with Gasteiger partial charge in [-0.3, -0.25) is 14.9 Å². The lowest BCUT2D eigenvalue weighted by molar-refractivity contribution is -0.123. The minimum Gasteiger partial charge on any atom is -0.491 e. The quantitative estimate of drug-likeness (QED) is 0.748. The highest BCUT2D eigenvalue weighted by Crippen LogP contribution is 2.22. The Morgan fingerprint density at radius 1 is 0.897 bits per heavy atom. The van der Waals surface area contributed by atoms with Crippen molar-refractivity contribution in [2.24, 2.45) is 0 Å². The minimum atomic E-state index is -0.692. The van der Waals surface area contributed by atoms with E-state index in [1.54, 1.807) is 36.4 Å². The van der Waals surface area contributed by atoms with Crippen molar-refractivity contribution in [3.63, 3.8) is 0 Å². The second-order valence-corrected chi connectivity index (χ2v) is 7.97. The van der Waals surface area contributed by atoms with E-state index in [1.165, 1.54) is 0 Å². The lowest BCUT2D eigenvalue weighted by Crippen LogP contribution is -2.34. The Morgan fingerprint density at radius 2 is 1.45 bits per heavy atom. The van der Waals surface area contributed by atoms with E-state index in [0.29, 0.717) is 11.3 Å². The highest BCUT2D eigenvalue weighted by molar-refractivity contribution is 6.05. The Bertz CT molecular complexity index is 862. The van der Waals surface area contributed by atoms with Crippen LogP contribution in [0, 0.1) is 0 Å². The van der Waals surface area contributed by atoms with Crippen LogP contribution in [-0.2, 0) is 14.9 Å². The standard InChI is InChI=1S/C23H27NO5/c1-15(2)29-19-12-8-17(9-13-19)22(27)28-14-20(25)24-21(26)16-6-10-18(11-7-16)23(3,4)5/h6-13,15H,14H2,1-5H3,(H,24,25,26). The number of nitrogens with one attached hydrogen (secondary N) is 1. The zero-order chi connectivity index (χ0) is 21.6. The molecule has 0 saturated heterocycles. The molecular formula is C23H27NO5. The van der Waals surface area contributed by atoms with E-state index >= 15 is 0 Å². The van der Waals surface area contributed by atoms with E-state index in [1.807, 2.05) is 26.0 Å². The molecule has 0 unspecified atom stereocenters. The summed E-state index contributed by atoms with van der Waals surface area (Å²) in [6, 6.07) is 13.5. The molecule has 0 bridgehead atoms. The summed E-state index contributed by atoms with van der Waals surface area (Å²) in [5.41, 5.74) is 1.70. The van der Waals surface area contributed by atoms with Gasteiger partial charge >= 0.3 is 5.97 Å². The molecule has 0 aromatic heterocycles. The highest BCUT2D eigenvalue weighted by Gasteiger charge is 2.16. The molecule has 2 amide bonds. The average Bonchev–Trinajstić information content (AvgIpc) is 2.65. The van der Waals surface area contributed by atoms with Gasteiger partial charge in [0, 0.05) is 5.56 Å². The van der Waals surface area contributed by atoms with Crippen LogP contribution >= 0.6 is 0 Å². The van der Waals surface area contributed by atoms with Crippen molar-refractivity contribution >= 4 is 17.8 Å². The van der Waals surface area contributed by atoms with Gasteiger partial charge in [0.15, 0.2) is 6.61 Å². The molecular weight excluding hydrogens is 370 g/mol. The van der Waals surface area contributed by atoms with Crippen LogP contribution in [0.3, 0.4) is 0 Å². The molecule has 0 aliphatic carbocycles. The van der Waals surface area contributed by atoms with Crippen molar-refractivity contribution in [1.29, 1.82) is 0 Å². The van der Waals surface area contributed by atoms with Gasteiger partial charge in [-0.05, 0) is 61.2 Å². The van der Waals surface area contributed by atoms with Crippen LogP contribution in [0.4, 0.5) is 0 Å². The first kappa shape index (κ1) is 22.1. The summed E-state index contributed by atoms with van der Waals surface area (Å²) >= 11 is 0. The SMILES string of the molecule is CC(C)Oc1ccc(C(=O)OCC(=O)NC(=O)c2ccc(C(C)(C)C)cc2)cc1. The number of amides is 2. The van der Waals surface area contributed by atoms with E-state index in [9.17, 15) is 14.4 Å². The number of hydrogen-bond acceptors (Lipinski definition) is 5. The zero-order valence-corrected chi connectivity index (χ0v) is 17.4. The average molecular weight is 397 g/mol. The van der Waals surface area contributed by atoms with Gasteiger partial charge in [-0.15, -0.1) is 0 Å². The van der Waals surface area contributed by atoms with Gasteiger partial charge in [0.05, 0.1) is 11.7 Å². The third-order valence-corrected chi connectivity index (χ3v) is 4.06. The molecule has 1 N–H and O–H groups in total. The Hall–Kier alpha value is -3.15. The fourth-order valence-corrected chi connectivity index (χ4v) is 2.51. The van der Waals surface area contributed by atoms with Crippen LogP contribution in [0.2, 0.25) is 0 Å². The Balaban J connectivity index is 1.85. The fourth-order valence-electron chi connectivity index (χ4n) is 2.51. The topological polar surface area (TPSA) is 81.7 Å². The first-order valence-corrected chi connectivity index (χ1v) is 9.45. The molecule has 0 saturated carbocycles. The lowest BCUT2D eigenvalue weighted by atomic mass is 9.87. The number of ether oxygens (including phenoxy) is 2. The summed E-state index contributed by atoms with van der Waals surface area (Å²) in [6.07, 6.45) is 0.0266. The maximum Gasteiger partial charge on any atom is 0.338 e. The third kappa shape index (κ3) is 6.75. The van der Waals surface area contributed by atoms with Gasteiger partial charge in [-0.1, -0.05) is 32.9 Å². The number of benzene rings is 2. The molecule has 0 aliphatic rings. The van der Waals surface area contributed by atoms with Crippen LogP contribution in [0.15, 0.2) is 48.5 Å². The van der Waals surface area contributed by atoms with E-state index in [-0.39, 0.29) is 17.1 Å². The monoisotopic (exact) mass is 397 g/mol. The smallest absolute Gasteiger partial charge is 0.338 e. The summed E-state index contributed by atoms with van der Waals surface area (Å²) < 4.78 is 10.5. The molecule has 6 heteroatoms. The minimum absolute atomic E-state index is 0.0266. The van der Waals surface area contributed by atoms with E-state index in [2.05, 4.69) is 26.1 Å². The van der Waals surface area contributed by atoms with Crippen molar-refractivity contribution in [1.82, 2.24) is 5.32 Å². The molecule has 0 atom stereocenters. The lowest BCUT2D eigenvalue weighted by Gasteiger charge is -2.19. The van der Waals surface area contributed by atoms with Crippen LogP contribution in [0.25, 0.3) is 0 Å². The van der Waals surface area contributed by atoms with Crippen molar-refractivity contribution in [3.8, 4) is 5.75 Å². The molecule has 0 fully saturated rings. The van der Waals surface area contributed by atoms with E-state index < -0.39 is 24.4 Å². The predicted octanol–water partition coefficient (Wildman–Crippen LogP) is 3.88. The number of hydrogen-bond donors (Lipinski definition) is 1. The van der Waals surface area contributed by atoms with Crippen LogP contribution in [-0.4, -0.2) is 30.5 Å². The molecule has 2 aromatic carbocycles. The van der Waals surface area contributed by atoms with Crippen LogP contribution in [0.1, 0.15) is 60.9 Å². The Morgan fingerprint density at radius 3 is 1.97 bits per heavy atom. The second-order valence-electron chi connectivity index (χ2n) is 7.97. The van der Waals surface area contributed by atoms with Crippen molar-refractivity contribution in [3.05, 3.63) is 65.2 Å². The maximum absolute atomic E-state index is 12.2. The molecule has 0 radical (unpaired) electrons. The first-order valence-electron chi connectivity index (χ1n) is 9.45. The largest absolute Gasteiger partial charge is 0.491 e. The van der Waals surface area contributed by atoms with Gasteiger partial charge < -0.3 is 9.47 Å². The summed E-state index contributed by atoms with van der Waals surface area (Å²) in [6.45, 7) is 9.48. The fraction of sp³-hybridized carbons (Fsp3) is 0.348. The van der Waals surface area contributed by atoms with Gasteiger partial charge in [-0.25, -0.2) is 4.79 Å². The van der Waals surface area contributed by atoms with E-state index in [0.717, 1.165) is 5.56 Å². The Labute approximate surface area is 171 Å². The van der Waals surface area contributed by atoms with Crippen molar-refractivity contribution in [2.45, 2.75) is 46.1 Å². The molecule has 154 valence electrons. The van der Waals surface area contributed by atoms with Crippen LogP contribution < -0.4 is 10.1 Å². The van der Waals surface area contributed by atoms with Crippen molar-refractivity contribution < 1.29 is 23.9 Å². The normalized spacial score (nSPS) is 11.1. The van der Waals surface area contributed by atoms with Gasteiger partial charge in [0.2, 0.25) is 0 Å². The zero-order valence-electron chi connectivity index (χ0n) is 17.4. The predicted molar refractivity (Wildman–Crippen MR) is 110 cm³/mol. The highest BCUT2D eigenvalue weighted by atomic mass is 16.5. The van der Waals surface area contributed by atoms with Crippen LogP contribution in [0.5, 0.6) is 5.75 Å². The van der Waals surface area contributed by atoms with Crippen molar-refractivity contribution in [2.75, 3.05) is 6.61 Å². The molecule has 6 nitrogen and oxygen atoms in total. The number of rotatable bonds is 6.